The van der Waals surface area contributed by atoms with E-state index in [2.05, 4.69) is 4.72 Å². The lowest BCUT2D eigenvalue weighted by atomic mass is 10.2. The van der Waals surface area contributed by atoms with Gasteiger partial charge in [0.2, 0.25) is 10.0 Å². The second kappa shape index (κ2) is 7.34. The summed E-state index contributed by atoms with van der Waals surface area (Å²) in [5.74, 6) is -0.116. The van der Waals surface area contributed by atoms with Gasteiger partial charge in [-0.05, 0) is 19.1 Å². The van der Waals surface area contributed by atoms with Crippen LogP contribution in [0.4, 0.5) is 0 Å². The maximum atomic E-state index is 11.8. The van der Waals surface area contributed by atoms with Crippen molar-refractivity contribution in [3.05, 3.63) is 29.8 Å². The largest absolute Gasteiger partial charge is 0.394 e. The van der Waals surface area contributed by atoms with E-state index < -0.39 is 10.0 Å². The van der Waals surface area contributed by atoms with Gasteiger partial charge in [-0.2, -0.15) is 0 Å². The van der Waals surface area contributed by atoms with Crippen LogP contribution in [0.3, 0.4) is 0 Å². The molecule has 0 saturated heterocycles. The zero-order valence-corrected chi connectivity index (χ0v) is 11.4. The summed E-state index contributed by atoms with van der Waals surface area (Å²) in [5, 5.41) is 8.48. The van der Waals surface area contributed by atoms with E-state index in [1.165, 1.54) is 31.2 Å². The monoisotopic (exact) mass is 287 g/mol. The molecule has 0 aliphatic carbocycles. The van der Waals surface area contributed by atoms with Gasteiger partial charge in [0.15, 0.2) is 5.78 Å². The lowest BCUT2D eigenvalue weighted by molar-refractivity contribution is 0.0961. The first-order valence-corrected chi connectivity index (χ1v) is 7.25. The van der Waals surface area contributed by atoms with Crippen molar-refractivity contribution in [3.8, 4) is 0 Å². The summed E-state index contributed by atoms with van der Waals surface area (Å²) in [6.45, 7) is 1.80. The molecule has 7 heteroatoms. The van der Waals surface area contributed by atoms with E-state index in [9.17, 15) is 13.2 Å². The van der Waals surface area contributed by atoms with Crippen LogP contribution in [0.1, 0.15) is 17.3 Å². The fraction of sp³-hybridized carbons (Fsp3) is 0.417. The van der Waals surface area contributed by atoms with Crippen molar-refractivity contribution in [2.75, 3.05) is 26.4 Å². The van der Waals surface area contributed by atoms with Crippen LogP contribution < -0.4 is 4.72 Å². The summed E-state index contributed by atoms with van der Waals surface area (Å²) in [5.41, 5.74) is 0.463. The summed E-state index contributed by atoms with van der Waals surface area (Å²) in [7, 11) is -3.59. The van der Waals surface area contributed by atoms with Gasteiger partial charge in [0.05, 0.1) is 24.7 Å². The smallest absolute Gasteiger partial charge is 0.240 e. The fourth-order valence-corrected chi connectivity index (χ4v) is 2.38. The Balaban J connectivity index is 2.59. The Morgan fingerprint density at radius 1 is 1.26 bits per heavy atom. The molecule has 106 valence electrons. The van der Waals surface area contributed by atoms with E-state index in [0.29, 0.717) is 5.56 Å². The summed E-state index contributed by atoms with van der Waals surface area (Å²) < 4.78 is 31.0. The summed E-state index contributed by atoms with van der Waals surface area (Å²) in [6, 6.07) is 5.71. The first-order valence-electron chi connectivity index (χ1n) is 5.76. The van der Waals surface area contributed by atoms with E-state index in [0.717, 1.165) is 0 Å². The Morgan fingerprint density at radius 3 is 2.42 bits per heavy atom. The molecule has 19 heavy (non-hydrogen) atoms. The van der Waals surface area contributed by atoms with E-state index in [1.807, 2.05) is 0 Å². The molecule has 0 aliphatic rings. The quantitative estimate of drug-likeness (QED) is 0.525. The highest BCUT2D eigenvalue weighted by Crippen LogP contribution is 2.10. The van der Waals surface area contributed by atoms with Crippen LogP contribution >= 0.6 is 0 Å². The normalized spacial score (nSPS) is 11.5. The molecule has 1 rings (SSSR count). The predicted molar refractivity (Wildman–Crippen MR) is 69.5 cm³/mol. The van der Waals surface area contributed by atoms with Gasteiger partial charge in [0.1, 0.15) is 0 Å². The second-order valence-electron chi connectivity index (χ2n) is 3.81. The van der Waals surface area contributed by atoms with Crippen molar-refractivity contribution in [1.29, 1.82) is 0 Å². The summed E-state index contributed by atoms with van der Waals surface area (Å²) in [4.78, 5) is 11.2. The van der Waals surface area contributed by atoms with Crippen LogP contribution in [0.15, 0.2) is 29.2 Å². The molecule has 0 fully saturated rings. The van der Waals surface area contributed by atoms with Crippen molar-refractivity contribution in [1.82, 2.24) is 4.72 Å². The van der Waals surface area contributed by atoms with Crippen molar-refractivity contribution >= 4 is 15.8 Å². The highest BCUT2D eigenvalue weighted by molar-refractivity contribution is 7.89. The number of nitrogens with one attached hydrogen (secondary N) is 1. The molecule has 6 nitrogen and oxygen atoms in total. The summed E-state index contributed by atoms with van der Waals surface area (Å²) >= 11 is 0. The van der Waals surface area contributed by atoms with E-state index in [-0.39, 0.29) is 37.0 Å². The molecular formula is C12H17NO5S. The predicted octanol–water partition coefficient (Wildman–Crippen LogP) is 0.176. The molecule has 0 aliphatic heterocycles. The maximum Gasteiger partial charge on any atom is 0.240 e. The number of carbonyl (C=O) groups excluding carboxylic acids is 1. The van der Waals surface area contributed by atoms with Crippen molar-refractivity contribution in [2.24, 2.45) is 0 Å². The number of rotatable bonds is 8. The SMILES string of the molecule is CC(=O)c1ccc(S(=O)(=O)NCCOCCO)cc1. The molecule has 0 unspecified atom stereocenters. The number of hydrogen-bond acceptors (Lipinski definition) is 5. The number of aliphatic hydroxyl groups excluding tert-OH is 1. The molecule has 1 aromatic rings. The average molecular weight is 287 g/mol. The minimum Gasteiger partial charge on any atom is -0.394 e. The molecule has 0 bridgehead atoms. The molecule has 0 atom stereocenters. The van der Waals surface area contributed by atoms with Crippen LogP contribution in [0.2, 0.25) is 0 Å². The Kier molecular flexibility index (Phi) is 6.10. The molecule has 0 aromatic heterocycles. The van der Waals surface area contributed by atoms with Crippen LogP contribution in [0, 0.1) is 0 Å². The topological polar surface area (TPSA) is 92.7 Å². The minimum absolute atomic E-state index is 0.0969. The lowest BCUT2D eigenvalue weighted by Gasteiger charge is -2.07. The number of benzene rings is 1. The summed E-state index contributed by atoms with van der Waals surface area (Å²) in [6.07, 6.45) is 0. The van der Waals surface area contributed by atoms with Crippen LogP contribution in [0.25, 0.3) is 0 Å². The Morgan fingerprint density at radius 2 is 1.89 bits per heavy atom. The molecular weight excluding hydrogens is 270 g/mol. The molecule has 0 saturated carbocycles. The standard InChI is InChI=1S/C12H17NO5S/c1-10(15)11-2-4-12(5-3-11)19(16,17)13-6-8-18-9-7-14/h2-5,13-14H,6-9H2,1H3. The van der Waals surface area contributed by atoms with Crippen molar-refractivity contribution < 1.29 is 23.1 Å². The zero-order chi connectivity index (χ0) is 14.3. The number of sulfonamides is 1. The number of ketones is 1. The van der Waals surface area contributed by atoms with Crippen LogP contribution in [0.5, 0.6) is 0 Å². The number of Topliss-reactive ketones (excluding diaryl/α,β-unsaturated/α-hetero) is 1. The molecule has 1 aromatic carbocycles. The second-order valence-corrected chi connectivity index (χ2v) is 5.58. The van der Waals surface area contributed by atoms with E-state index in [4.69, 9.17) is 9.84 Å². The highest BCUT2D eigenvalue weighted by atomic mass is 32.2. The van der Waals surface area contributed by atoms with Gasteiger partial charge in [-0.15, -0.1) is 0 Å². The van der Waals surface area contributed by atoms with Gasteiger partial charge in [0.25, 0.3) is 0 Å². The maximum absolute atomic E-state index is 11.8. The van der Waals surface area contributed by atoms with Gasteiger partial charge >= 0.3 is 0 Å². The van der Waals surface area contributed by atoms with Crippen molar-refractivity contribution in [2.45, 2.75) is 11.8 Å². The van der Waals surface area contributed by atoms with Gasteiger partial charge in [-0.3, -0.25) is 4.79 Å². The average Bonchev–Trinajstić information content (AvgIpc) is 2.38. The molecule has 0 radical (unpaired) electrons. The number of hydrogen-bond donors (Lipinski definition) is 2. The first kappa shape index (κ1) is 15.8. The number of aliphatic hydroxyl groups is 1. The third kappa shape index (κ3) is 5.07. The van der Waals surface area contributed by atoms with E-state index in [1.54, 1.807) is 0 Å². The van der Waals surface area contributed by atoms with Gasteiger partial charge in [0, 0.05) is 12.1 Å². The number of ether oxygens (including phenoxy) is 1. The molecule has 0 amide bonds. The molecule has 0 spiro atoms. The fourth-order valence-electron chi connectivity index (χ4n) is 1.37. The third-order valence-corrected chi connectivity index (χ3v) is 3.82. The van der Waals surface area contributed by atoms with Crippen LogP contribution in [-0.4, -0.2) is 45.7 Å². The zero-order valence-electron chi connectivity index (χ0n) is 10.6. The van der Waals surface area contributed by atoms with Gasteiger partial charge < -0.3 is 9.84 Å². The van der Waals surface area contributed by atoms with E-state index >= 15 is 0 Å². The highest BCUT2D eigenvalue weighted by Gasteiger charge is 2.13. The van der Waals surface area contributed by atoms with Crippen LogP contribution in [-0.2, 0) is 14.8 Å². The first-order chi connectivity index (χ1) is 8.97. The van der Waals surface area contributed by atoms with Crippen molar-refractivity contribution in [3.63, 3.8) is 0 Å². The Bertz CT molecular complexity index is 509. The molecule has 2 N–H and O–H groups in total. The minimum atomic E-state index is -3.59. The Hall–Kier alpha value is -1.28. The molecule has 0 heterocycles. The van der Waals surface area contributed by atoms with Gasteiger partial charge in [-0.1, -0.05) is 12.1 Å². The van der Waals surface area contributed by atoms with Gasteiger partial charge in [-0.25, -0.2) is 13.1 Å². The Labute approximate surface area is 112 Å². The number of carbonyl (C=O) groups is 1. The lowest BCUT2D eigenvalue weighted by Crippen LogP contribution is -2.27. The third-order valence-electron chi connectivity index (χ3n) is 2.35.